The number of aliphatic hydroxyl groups excluding tert-OH is 3. The zero-order valence-corrected chi connectivity index (χ0v) is 34.5. The average molecular weight is 722 g/mol. The Hall–Kier alpha value is -0.910. The van der Waals surface area contributed by atoms with E-state index in [2.05, 4.69) is 31.3 Å². The van der Waals surface area contributed by atoms with Gasteiger partial charge in [0.1, 0.15) is 6.10 Å². The second-order valence-corrected chi connectivity index (χ2v) is 16.0. The molecule has 0 aliphatic rings. The van der Waals surface area contributed by atoms with Crippen LogP contribution in [0.3, 0.4) is 0 Å². The summed E-state index contributed by atoms with van der Waals surface area (Å²) in [5, 5.41) is 33.5. The number of unbranched alkanes of at least 4 members (excludes halogenated alkanes) is 32. The second-order valence-electron chi connectivity index (χ2n) is 16.0. The van der Waals surface area contributed by atoms with E-state index in [1.807, 2.05) is 0 Å². The Morgan fingerprint density at radius 1 is 0.471 bits per heavy atom. The van der Waals surface area contributed by atoms with Crippen LogP contribution in [0.5, 0.6) is 0 Å². The molecule has 3 unspecified atom stereocenters. The molecule has 0 fully saturated rings. The normalized spacial score (nSPS) is 13.6. The number of amides is 1. The van der Waals surface area contributed by atoms with Crippen molar-refractivity contribution in [3.63, 3.8) is 0 Å². The molecule has 0 radical (unpaired) electrons. The van der Waals surface area contributed by atoms with Gasteiger partial charge >= 0.3 is 0 Å². The van der Waals surface area contributed by atoms with Crippen LogP contribution in [-0.2, 0) is 4.79 Å². The summed E-state index contributed by atoms with van der Waals surface area (Å²) in [4.78, 5) is 12.4. The maximum atomic E-state index is 12.4. The Labute approximate surface area is 319 Å². The van der Waals surface area contributed by atoms with E-state index in [0.29, 0.717) is 12.8 Å². The van der Waals surface area contributed by atoms with Gasteiger partial charge in [0.15, 0.2) is 0 Å². The monoisotopic (exact) mass is 722 g/mol. The molecule has 5 nitrogen and oxygen atoms in total. The summed E-state index contributed by atoms with van der Waals surface area (Å²) < 4.78 is 0. The standard InChI is InChI=1S/C46H91NO4/c1-3-5-7-9-11-13-15-17-19-20-21-22-23-24-25-26-27-29-31-33-35-37-39-41-45(50)47-43(42-48)46(51)44(49)40-38-36-34-32-30-28-18-16-14-12-10-8-6-4-2/h24-25,43-44,46,48-49,51H,3-23,26-42H2,1-2H3,(H,47,50)/b25-24-. The molecule has 304 valence electrons. The number of carbonyl (C=O) groups excluding carboxylic acids is 1. The summed E-state index contributed by atoms with van der Waals surface area (Å²) >= 11 is 0. The molecule has 0 aromatic carbocycles. The molecule has 0 saturated heterocycles. The van der Waals surface area contributed by atoms with E-state index >= 15 is 0 Å². The zero-order chi connectivity index (χ0) is 37.3. The summed E-state index contributed by atoms with van der Waals surface area (Å²) in [5.41, 5.74) is 0. The number of rotatable bonds is 42. The fourth-order valence-corrected chi connectivity index (χ4v) is 7.28. The first-order chi connectivity index (χ1) is 25.1. The molecule has 0 aromatic heterocycles. The third kappa shape index (κ3) is 37.2. The maximum absolute atomic E-state index is 12.4. The number of hydrogen-bond donors (Lipinski definition) is 4. The largest absolute Gasteiger partial charge is 0.394 e. The van der Waals surface area contributed by atoms with Crippen molar-refractivity contribution in [2.45, 2.75) is 270 Å². The average Bonchev–Trinajstić information content (AvgIpc) is 3.13. The lowest BCUT2D eigenvalue weighted by molar-refractivity contribution is -0.124. The van der Waals surface area contributed by atoms with E-state index in [1.54, 1.807) is 0 Å². The Kier molecular flexibility index (Phi) is 41.1. The van der Waals surface area contributed by atoms with Crippen molar-refractivity contribution in [3.8, 4) is 0 Å². The minimum absolute atomic E-state index is 0.146. The quantitative estimate of drug-likeness (QED) is 0.0373. The summed E-state index contributed by atoms with van der Waals surface area (Å²) in [6.07, 6.45) is 49.0. The van der Waals surface area contributed by atoms with Gasteiger partial charge < -0.3 is 20.6 Å². The molecule has 0 saturated carbocycles. The molecule has 4 N–H and O–H groups in total. The molecule has 0 heterocycles. The van der Waals surface area contributed by atoms with Crippen LogP contribution < -0.4 is 5.32 Å². The topological polar surface area (TPSA) is 89.8 Å². The number of allylic oxidation sites excluding steroid dienone is 2. The summed E-state index contributed by atoms with van der Waals surface area (Å²) in [6, 6.07) is -0.808. The Morgan fingerprint density at radius 3 is 1.14 bits per heavy atom. The zero-order valence-electron chi connectivity index (χ0n) is 34.5. The van der Waals surface area contributed by atoms with Gasteiger partial charge in [0.2, 0.25) is 5.91 Å². The van der Waals surface area contributed by atoms with Crippen molar-refractivity contribution < 1.29 is 20.1 Å². The molecule has 0 aliphatic heterocycles. The highest BCUT2D eigenvalue weighted by atomic mass is 16.3. The first-order valence-corrected chi connectivity index (χ1v) is 23.0. The fourth-order valence-electron chi connectivity index (χ4n) is 7.28. The fraction of sp³-hybridized carbons (Fsp3) is 0.935. The number of carbonyl (C=O) groups is 1. The summed E-state index contributed by atoms with van der Waals surface area (Å²) in [6.45, 7) is 4.19. The number of hydrogen-bond acceptors (Lipinski definition) is 4. The van der Waals surface area contributed by atoms with Crippen LogP contribution in [0.2, 0.25) is 0 Å². The van der Waals surface area contributed by atoms with Gasteiger partial charge in [-0.2, -0.15) is 0 Å². The molecule has 0 bridgehead atoms. The lowest BCUT2D eigenvalue weighted by atomic mass is 9.99. The van der Waals surface area contributed by atoms with Gasteiger partial charge in [-0.25, -0.2) is 0 Å². The van der Waals surface area contributed by atoms with Crippen LogP contribution in [0.15, 0.2) is 12.2 Å². The van der Waals surface area contributed by atoms with Crippen LogP contribution in [0.4, 0.5) is 0 Å². The van der Waals surface area contributed by atoms with Crippen LogP contribution in [0.1, 0.15) is 251 Å². The predicted molar refractivity (Wildman–Crippen MR) is 222 cm³/mol. The van der Waals surface area contributed by atoms with Gasteiger partial charge in [0.25, 0.3) is 0 Å². The van der Waals surface area contributed by atoms with E-state index in [-0.39, 0.29) is 12.5 Å². The van der Waals surface area contributed by atoms with E-state index in [0.717, 1.165) is 38.5 Å². The van der Waals surface area contributed by atoms with Gasteiger partial charge in [-0.05, 0) is 38.5 Å². The first-order valence-electron chi connectivity index (χ1n) is 23.0. The van der Waals surface area contributed by atoms with Gasteiger partial charge in [0, 0.05) is 6.42 Å². The molecular weight excluding hydrogens is 631 g/mol. The minimum atomic E-state index is -1.13. The van der Waals surface area contributed by atoms with E-state index in [9.17, 15) is 20.1 Å². The molecule has 3 atom stereocenters. The van der Waals surface area contributed by atoms with Gasteiger partial charge in [0.05, 0.1) is 18.8 Å². The lowest BCUT2D eigenvalue weighted by Gasteiger charge is -2.26. The number of aliphatic hydroxyl groups is 3. The minimum Gasteiger partial charge on any atom is -0.394 e. The molecule has 51 heavy (non-hydrogen) atoms. The van der Waals surface area contributed by atoms with Crippen LogP contribution in [-0.4, -0.2) is 46.1 Å². The Bertz CT molecular complexity index is 713. The summed E-state index contributed by atoms with van der Waals surface area (Å²) in [5.74, 6) is -0.146. The first kappa shape index (κ1) is 50.1. The lowest BCUT2D eigenvalue weighted by Crippen LogP contribution is -2.50. The van der Waals surface area contributed by atoms with Crippen molar-refractivity contribution in [3.05, 3.63) is 12.2 Å². The summed E-state index contributed by atoms with van der Waals surface area (Å²) in [7, 11) is 0. The van der Waals surface area contributed by atoms with E-state index in [4.69, 9.17) is 0 Å². The predicted octanol–water partition coefficient (Wildman–Crippen LogP) is 13.2. The van der Waals surface area contributed by atoms with E-state index in [1.165, 1.54) is 186 Å². The van der Waals surface area contributed by atoms with Crippen molar-refractivity contribution in [2.24, 2.45) is 0 Å². The van der Waals surface area contributed by atoms with E-state index < -0.39 is 18.2 Å². The van der Waals surface area contributed by atoms with Gasteiger partial charge in [-0.1, -0.05) is 219 Å². The van der Waals surface area contributed by atoms with Gasteiger partial charge in [-0.15, -0.1) is 0 Å². The van der Waals surface area contributed by atoms with Crippen LogP contribution >= 0.6 is 0 Å². The molecule has 0 spiro atoms. The second kappa shape index (κ2) is 41.8. The molecule has 0 aliphatic carbocycles. The molecule has 5 heteroatoms. The highest BCUT2D eigenvalue weighted by molar-refractivity contribution is 5.76. The van der Waals surface area contributed by atoms with Crippen molar-refractivity contribution in [1.82, 2.24) is 5.32 Å². The molecule has 1 amide bonds. The van der Waals surface area contributed by atoms with Crippen molar-refractivity contribution >= 4 is 5.91 Å². The number of nitrogens with one attached hydrogen (secondary N) is 1. The highest BCUT2D eigenvalue weighted by Gasteiger charge is 2.26. The SMILES string of the molecule is CCCCCCCCCCCCCC/C=C\CCCCCCCCCC(=O)NC(CO)C(O)C(O)CCCCCCCCCCCCCCCC. The van der Waals surface area contributed by atoms with Crippen molar-refractivity contribution in [2.75, 3.05) is 6.61 Å². The highest BCUT2D eigenvalue weighted by Crippen LogP contribution is 2.16. The van der Waals surface area contributed by atoms with Crippen LogP contribution in [0, 0.1) is 0 Å². The Balaban J connectivity index is 3.58. The third-order valence-electron chi connectivity index (χ3n) is 10.9. The van der Waals surface area contributed by atoms with Gasteiger partial charge in [-0.3, -0.25) is 4.79 Å². The molecule has 0 rings (SSSR count). The maximum Gasteiger partial charge on any atom is 0.220 e. The molecule has 0 aromatic rings. The smallest absolute Gasteiger partial charge is 0.220 e. The van der Waals surface area contributed by atoms with Crippen LogP contribution in [0.25, 0.3) is 0 Å². The molecular formula is C46H91NO4. The Morgan fingerprint density at radius 2 is 0.784 bits per heavy atom. The third-order valence-corrected chi connectivity index (χ3v) is 10.9. The van der Waals surface area contributed by atoms with Crippen molar-refractivity contribution in [1.29, 1.82) is 0 Å².